The smallest absolute Gasteiger partial charge is 0.0281 e. The molecule has 0 spiro atoms. The van der Waals surface area contributed by atoms with Gasteiger partial charge in [0, 0.05) is 30.2 Å². The second kappa shape index (κ2) is 5.78. The average molecular weight is 238 g/mol. The van der Waals surface area contributed by atoms with E-state index in [1.165, 1.54) is 37.7 Å². The minimum atomic E-state index is 0.508. The predicted molar refractivity (Wildman–Crippen MR) is 71.8 cm³/mol. The first-order valence-corrected chi connectivity index (χ1v) is 7.45. The van der Waals surface area contributed by atoms with Gasteiger partial charge >= 0.3 is 0 Å². The van der Waals surface area contributed by atoms with Gasteiger partial charge in [0.25, 0.3) is 0 Å². The summed E-state index contributed by atoms with van der Waals surface area (Å²) in [5, 5.41) is 3.61. The fourth-order valence-corrected chi connectivity index (χ4v) is 3.50. The van der Waals surface area contributed by atoms with Crippen molar-refractivity contribution < 1.29 is 0 Å². The van der Waals surface area contributed by atoms with Crippen molar-refractivity contribution in [3.63, 3.8) is 0 Å². The number of aromatic nitrogens is 1. The highest BCUT2D eigenvalue weighted by Crippen LogP contribution is 2.37. The van der Waals surface area contributed by atoms with Crippen LogP contribution in [0.25, 0.3) is 0 Å². The first-order valence-electron chi connectivity index (χ1n) is 6.22. The maximum atomic E-state index is 3.61. The summed E-state index contributed by atoms with van der Waals surface area (Å²) in [6.07, 6.45) is 13.3. The minimum Gasteiger partial charge on any atom is -0.367 e. The molecule has 1 aliphatic rings. The first kappa shape index (κ1) is 12.1. The highest BCUT2D eigenvalue weighted by molar-refractivity contribution is 8.00. The molecule has 0 saturated heterocycles. The van der Waals surface area contributed by atoms with Crippen LogP contribution >= 0.6 is 11.8 Å². The van der Waals surface area contributed by atoms with Crippen LogP contribution in [0.4, 0.5) is 0 Å². The van der Waals surface area contributed by atoms with Crippen LogP contribution in [0.5, 0.6) is 0 Å². The Kier molecular flexibility index (Phi) is 4.36. The van der Waals surface area contributed by atoms with E-state index in [-0.39, 0.29) is 0 Å². The van der Waals surface area contributed by atoms with Gasteiger partial charge in [0.2, 0.25) is 0 Å². The molecule has 3 heteroatoms. The van der Waals surface area contributed by atoms with Crippen molar-refractivity contribution in [1.82, 2.24) is 10.3 Å². The van der Waals surface area contributed by atoms with Crippen LogP contribution in [-0.2, 0) is 6.54 Å². The van der Waals surface area contributed by atoms with Gasteiger partial charge in [-0.1, -0.05) is 19.3 Å². The molecule has 1 aromatic rings. The zero-order valence-electron chi connectivity index (χ0n) is 10.1. The minimum absolute atomic E-state index is 0.508. The number of hydrogen-bond donors (Lipinski definition) is 2. The van der Waals surface area contributed by atoms with Gasteiger partial charge in [-0.05, 0) is 30.7 Å². The zero-order chi connectivity index (χ0) is 11.3. The predicted octanol–water partition coefficient (Wildman–Crippen LogP) is 3.17. The molecular weight excluding hydrogens is 216 g/mol. The lowest BCUT2D eigenvalue weighted by Gasteiger charge is -2.36. The van der Waals surface area contributed by atoms with E-state index >= 15 is 0 Å². The highest BCUT2D eigenvalue weighted by atomic mass is 32.2. The molecule has 2 rings (SSSR count). The molecule has 1 aromatic heterocycles. The molecule has 1 aliphatic carbocycles. The second-order valence-corrected chi connectivity index (χ2v) is 6.04. The average Bonchev–Trinajstić information content (AvgIpc) is 2.83. The van der Waals surface area contributed by atoms with Crippen LogP contribution in [-0.4, -0.2) is 22.5 Å². The lowest BCUT2D eigenvalue weighted by Crippen LogP contribution is -2.39. The standard InChI is InChI=1S/C13H22N2S/c1-16-13(6-3-2-4-7-13)11-15-10-12-5-8-14-9-12/h5,8-9,14-15H,2-4,6-7,10-11H2,1H3. The van der Waals surface area contributed by atoms with E-state index in [9.17, 15) is 0 Å². The van der Waals surface area contributed by atoms with Crippen molar-refractivity contribution in [2.75, 3.05) is 12.8 Å². The van der Waals surface area contributed by atoms with Gasteiger partial charge in [-0.25, -0.2) is 0 Å². The summed E-state index contributed by atoms with van der Waals surface area (Å²) in [5.74, 6) is 0. The molecule has 1 heterocycles. The Bertz CT molecular complexity index is 289. The summed E-state index contributed by atoms with van der Waals surface area (Å²) in [4.78, 5) is 3.10. The van der Waals surface area contributed by atoms with Crippen LogP contribution in [0.1, 0.15) is 37.7 Å². The van der Waals surface area contributed by atoms with Crippen molar-refractivity contribution in [2.24, 2.45) is 0 Å². The van der Waals surface area contributed by atoms with Crippen LogP contribution in [0.2, 0.25) is 0 Å². The number of H-pyrrole nitrogens is 1. The van der Waals surface area contributed by atoms with Crippen LogP contribution in [0, 0.1) is 0 Å². The van der Waals surface area contributed by atoms with Gasteiger partial charge < -0.3 is 10.3 Å². The van der Waals surface area contributed by atoms with Gasteiger partial charge in [0.05, 0.1) is 0 Å². The van der Waals surface area contributed by atoms with Crippen molar-refractivity contribution in [2.45, 2.75) is 43.4 Å². The Morgan fingerprint density at radius 3 is 2.81 bits per heavy atom. The maximum Gasteiger partial charge on any atom is 0.0281 e. The first-order chi connectivity index (χ1) is 7.85. The van der Waals surface area contributed by atoms with Crippen LogP contribution < -0.4 is 5.32 Å². The van der Waals surface area contributed by atoms with E-state index in [2.05, 4.69) is 40.6 Å². The molecule has 1 fully saturated rings. The normalized spacial score (nSPS) is 19.8. The Balaban J connectivity index is 1.78. The summed E-state index contributed by atoms with van der Waals surface area (Å²) in [6, 6.07) is 2.14. The van der Waals surface area contributed by atoms with Gasteiger partial charge in [0.1, 0.15) is 0 Å². The van der Waals surface area contributed by atoms with E-state index in [0.717, 1.165) is 13.1 Å². The van der Waals surface area contributed by atoms with E-state index in [4.69, 9.17) is 0 Å². The summed E-state index contributed by atoms with van der Waals surface area (Å²) in [5.41, 5.74) is 1.35. The third-order valence-corrected chi connectivity index (χ3v) is 5.06. The Hall–Kier alpha value is -0.410. The van der Waals surface area contributed by atoms with Gasteiger partial charge in [-0.15, -0.1) is 0 Å². The summed E-state index contributed by atoms with van der Waals surface area (Å²) in [7, 11) is 0. The monoisotopic (exact) mass is 238 g/mol. The zero-order valence-corrected chi connectivity index (χ0v) is 10.9. The highest BCUT2D eigenvalue weighted by Gasteiger charge is 2.30. The number of hydrogen-bond acceptors (Lipinski definition) is 2. The fraction of sp³-hybridized carbons (Fsp3) is 0.692. The molecule has 0 aliphatic heterocycles. The molecule has 0 unspecified atom stereocenters. The third kappa shape index (κ3) is 3.05. The molecule has 16 heavy (non-hydrogen) atoms. The van der Waals surface area contributed by atoms with Crippen molar-refractivity contribution >= 4 is 11.8 Å². The molecule has 0 bridgehead atoms. The summed E-state index contributed by atoms with van der Waals surface area (Å²) in [6.45, 7) is 2.14. The van der Waals surface area contributed by atoms with E-state index in [0.29, 0.717) is 4.75 Å². The van der Waals surface area contributed by atoms with Crippen LogP contribution in [0.3, 0.4) is 0 Å². The Labute approximate surface area is 103 Å². The fourth-order valence-electron chi connectivity index (χ4n) is 2.55. The van der Waals surface area contributed by atoms with E-state index in [1.54, 1.807) is 0 Å². The molecule has 0 aromatic carbocycles. The number of thioether (sulfide) groups is 1. The second-order valence-electron chi connectivity index (χ2n) is 4.77. The topological polar surface area (TPSA) is 27.8 Å². The molecule has 2 N–H and O–H groups in total. The Morgan fingerprint density at radius 1 is 1.38 bits per heavy atom. The molecular formula is C13H22N2S. The maximum absolute atomic E-state index is 3.61. The largest absolute Gasteiger partial charge is 0.367 e. The lowest BCUT2D eigenvalue weighted by molar-refractivity contribution is 0.379. The number of nitrogens with one attached hydrogen (secondary N) is 2. The summed E-state index contributed by atoms with van der Waals surface area (Å²) >= 11 is 2.06. The van der Waals surface area contributed by atoms with Crippen molar-refractivity contribution in [3.8, 4) is 0 Å². The quantitative estimate of drug-likeness (QED) is 0.824. The van der Waals surface area contributed by atoms with E-state index in [1.807, 2.05) is 6.20 Å². The lowest BCUT2D eigenvalue weighted by atomic mass is 9.88. The van der Waals surface area contributed by atoms with Crippen molar-refractivity contribution in [3.05, 3.63) is 24.0 Å². The molecule has 1 saturated carbocycles. The van der Waals surface area contributed by atoms with Gasteiger partial charge in [-0.3, -0.25) is 0 Å². The molecule has 0 radical (unpaired) electrons. The molecule has 0 amide bonds. The van der Waals surface area contributed by atoms with Gasteiger partial charge in [0.15, 0.2) is 0 Å². The number of aromatic amines is 1. The molecule has 90 valence electrons. The summed E-state index contributed by atoms with van der Waals surface area (Å²) < 4.78 is 0.508. The molecule has 2 nitrogen and oxygen atoms in total. The molecule has 0 atom stereocenters. The van der Waals surface area contributed by atoms with Crippen molar-refractivity contribution in [1.29, 1.82) is 0 Å². The SMILES string of the molecule is CSC1(CNCc2cc[nH]c2)CCCCC1. The van der Waals surface area contributed by atoms with Crippen LogP contribution in [0.15, 0.2) is 18.5 Å². The number of rotatable bonds is 5. The third-order valence-electron chi connectivity index (χ3n) is 3.64. The van der Waals surface area contributed by atoms with Gasteiger partial charge in [-0.2, -0.15) is 11.8 Å². The Morgan fingerprint density at radius 2 is 2.19 bits per heavy atom. The van der Waals surface area contributed by atoms with E-state index < -0.39 is 0 Å².